The van der Waals surface area contributed by atoms with E-state index in [1.165, 1.54) is 6.07 Å². The third-order valence-corrected chi connectivity index (χ3v) is 2.04. The first-order valence-electron chi connectivity index (χ1n) is 5.06. The summed E-state index contributed by atoms with van der Waals surface area (Å²) in [7, 11) is 1.67. The van der Waals surface area contributed by atoms with E-state index in [1.807, 2.05) is 0 Å². The van der Waals surface area contributed by atoms with Gasteiger partial charge in [0.05, 0.1) is 0 Å². The van der Waals surface area contributed by atoms with E-state index < -0.39 is 0 Å². The molecular weight excluding hydrogens is 332 g/mol. The zero-order valence-electron chi connectivity index (χ0n) is 9.74. The van der Waals surface area contributed by atoms with Crippen molar-refractivity contribution in [1.82, 2.24) is 10.6 Å². The quantitative estimate of drug-likeness (QED) is 0.379. The Morgan fingerprint density at radius 3 is 2.71 bits per heavy atom. The van der Waals surface area contributed by atoms with Crippen LogP contribution in [0.3, 0.4) is 0 Å². The van der Waals surface area contributed by atoms with Crippen LogP contribution in [0.4, 0.5) is 4.39 Å². The van der Waals surface area contributed by atoms with Gasteiger partial charge in [-0.25, -0.2) is 4.39 Å². The molecule has 0 amide bonds. The molecule has 0 atom stereocenters. The fourth-order valence-electron chi connectivity index (χ4n) is 1.21. The molecule has 5 heteroatoms. The number of nitrogens with zero attached hydrogens (tertiary/aromatic N) is 1. The normalized spacial score (nSPS) is 10.4. The third-order valence-electron chi connectivity index (χ3n) is 2.04. The molecule has 0 saturated carbocycles. The van der Waals surface area contributed by atoms with Gasteiger partial charge < -0.3 is 10.6 Å². The molecule has 0 radical (unpaired) electrons. The van der Waals surface area contributed by atoms with Crippen molar-refractivity contribution in [3.63, 3.8) is 0 Å². The van der Waals surface area contributed by atoms with E-state index in [0.29, 0.717) is 24.6 Å². The number of halogens is 2. The zero-order chi connectivity index (χ0) is 11.8. The number of aliphatic imine (C=N–C) groups is 1. The highest BCUT2D eigenvalue weighted by Gasteiger charge is 2.01. The Bertz CT molecular complexity index is 380. The summed E-state index contributed by atoms with van der Waals surface area (Å²) in [5.41, 5.74) is 0.615. The van der Waals surface area contributed by atoms with Crippen LogP contribution in [0.25, 0.3) is 0 Å². The van der Waals surface area contributed by atoms with Crippen molar-refractivity contribution in [2.75, 3.05) is 13.6 Å². The average Bonchev–Trinajstić information content (AvgIpc) is 2.31. The summed E-state index contributed by atoms with van der Waals surface area (Å²) in [5, 5.41) is 6.02. The summed E-state index contributed by atoms with van der Waals surface area (Å²) in [6.07, 6.45) is 1.73. The van der Waals surface area contributed by atoms with E-state index in [4.69, 9.17) is 0 Å². The average molecular weight is 349 g/mol. The first-order chi connectivity index (χ1) is 7.77. The van der Waals surface area contributed by atoms with E-state index in [-0.39, 0.29) is 29.8 Å². The van der Waals surface area contributed by atoms with Crippen LogP contribution in [0.1, 0.15) is 5.56 Å². The Morgan fingerprint density at radius 1 is 1.41 bits per heavy atom. The summed E-state index contributed by atoms with van der Waals surface area (Å²) >= 11 is 0. The topological polar surface area (TPSA) is 36.4 Å². The molecule has 1 rings (SSSR count). The first-order valence-corrected chi connectivity index (χ1v) is 5.06. The molecule has 0 saturated heterocycles. The van der Waals surface area contributed by atoms with Crippen LogP contribution in [0.15, 0.2) is 41.9 Å². The highest BCUT2D eigenvalue weighted by Crippen LogP contribution is 2.05. The predicted octanol–water partition coefficient (Wildman–Crippen LogP) is 2.29. The standard InChI is InChI=1S/C12H16FN3.HI/c1-3-8-15-12(14-2)16-9-10-6-4-5-7-11(10)13;/h3-7H,1,8-9H2,2H3,(H2,14,15,16);1H. The molecule has 17 heavy (non-hydrogen) atoms. The van der Waals surface area contributed by atoms with Gasteiger partial charge in [0.1, 0.15) is 5.82 Å². The van der Waals surface area contributed by atoms with Gasteiger partial charge in [-0.1, -0.05) is 24.3 Å². The van der Waals surface area contributed by atoms with Crippen molar-refractivity contribution in [1.29, 1.82) is 0 Å². The Kier molecular flexibility index (Phi) is 8.39. The lowest BCUT2D eigenvalue weighted by molar-refractivity contribution is 0.605. The zero-order valence-corrected chi connectivity index (χ0v) is 12.1. The smallest absolute Gasteiger partial charge is 0.191 e. The van der Waals surface area contributed by atoms with E-state index >= 15 is 0 Å². The van der Waals surface area contributed by atoms with Crippen LogP contribution in [0, 0.1) is 5.82 Å². The van der Waals surface area contributed by atoms with Gasteiger partial charge >= 0.3 is 0 Å². The Hall–Kier alpha value is -1.11. The maximum atomic E-state index is 13.3. The van der Waals surface area contributed by atoms with Gasteiger partial charge in [0.15, 0.2) is 5.96 Å². The van der Waals surface area contributed by atoms with Crippen LogP contribution in [0.5, 0.6) is 0 Å². The molecule has 0 aromatic heterocycles. The first kappa shape index (κ1) is 15.9. The fraction of sp³-hybridized carbons (Fsp3) is 0.250. The summed E-state index contributed by atoms with van der Waals surface area (Å²) in [4.78, 5) is 3.99. The molecule has 0 aliphatic rings. The second kappa shape index (κ2) is 8.98. The lowest BCUT2D eigenvalue weighted by Gasteiger charge is -2.10. The van der Waals surface area contributed by atoms with E-state index in [9.17, 15) is 4.39 Å². The van der Waals surface area contributed by atoms with Gasteiger partial charge in [0.2, 0.25) is 0 Å². The van der Waals surface area contributed by atoms with Crippen LogP contribution >= 0.6 is 24.0 Å². The maximum absolute atomic E-state index is 13.3. The Balaban J connectivity index is 0.00000256. The van der Waals surface area contributed by atoms with Gasteiger partial charge in [-0.2, -0.15) is 0 Å². The van der Waals surface area contributed by atoms with Crippen LogP contribution in [-0.2, 0) is 6.54 Å². The molecule has 94 valence electrons. The molecule has 0 bridgehead atoms. The monoisotopic (exact) mass is 349 g/mol. The molecule has 1 aromatic rings. The van der Waals surface area contributed by atoms with Crippen molar-refractivity contribution in [3.8, 4) is 0 Å². The number of nitrogens with one attached hydrogen (secondary N) is 2. The number of hydrogen-bond donors (Lipinski definition) is 2. The van der Waals surface area contributed by atoms with Crippen molar-refractivity contribution < 1.29 is 4.39 Å². The van der Waals surface area contributed by atoms with Crippen LogP contribution in [-0.4, -0.2) is 19.6 Å². The second-order valence-electron chi connectivity index (χ2n) is 3.19. The highest BCUT2D eigenvalue weighted by atomic mass is 127. The van der Waals surface area contributed by atoms with Gasteiger partial charge in [0, 0.05) is 25.7 Å². The molecule has 3 nitrogen and oxygen atoms in total. The lowest BCUT2D eigenvalue weighted by Crippen LogP contribution is -2.36. The summed E-state index contributed by atoms with van der Waals surface area (Å²) in [6.45, 7) is 4.62. The number of benzene rings is 1. The van der Waals surface area contributed by atoms with Gasteiger partial charge in [-0.15, -0.1) is 30.6 Å². The maximum Gasteiger partial charge on any atom is 0.191 e. The Labute approximate surface area is 118 Å². The lowest BCUT2D eigenvalue weighted by atomic mass is 10.2. The van der Waals surface area contributed by atoms with Crippen molar-refractivity contribution in [2.45, 2.75) is 6.54 Å². The molecule has 2 N–H and O–H groups in total. The van der Waals surface area contributed by atoms with E-state index in [1.54, 1.807) is 31.3 Å². The van der Waals surface area contributed by atoms with Crippen molar-refractivity contribution in [2.24, 2.45) is 4.99 Å². The number of hydrogen-bond acceptors (Lipinski definition) is 1. The minimum absolute atomic E-state index is 0. The molecule has 0 aliphatic heterocycles. The molecule has 0 spiro atoms. The molecule has 0 unspecified atom stereocenters. The Morgan fingerprint density at radius 2 is 2.12 bits per heavy atom. The van der Waals surface area contributed by atoms with Crippen molar-refractivity contribution in [3.05, 3.63) is 48.3 Å². The summed E-state index contributed by atoms with van der Waals surface area (Å²) in [5.74, 6) is 0.414. The minimum atomic E-state index is -0.214. The molecule has 1 aromatic carbocycles. The second-order valence-corrected chi connectivity index (χ2v) is 3.19. The third kappa shape index (κ3) is 5.67. The fourth-order valence-corrected chi connectivity index (χ4v) is 1.21. The largest absolute Gasteiger partial charge is 0.353 e. The highest BCUT2D eigenvalue weighted by molar-refractivity contribution is 14.0. The molecule has 0 heterocycles. The van der Waals surface area contributed by atoms with Crippen molar-refractivity contribution >= 4 is 29.9 Å². The number of rotatable bonds is 4. The molecule has 0 fully saturated rings. The molecular formula is C12H17FIN3. The van der Waals surface area contributed by atoms with E-state index in [2.05, 4.69) is 22.2 Å². The predicted molar refractivity (Wildman–Crippen MR) is 80.2 cm³/mol. The van der Waals surface area contributed by atoms with E-state index in [0.717, 1.165) is 0 Å². The summed E-state index contributed by atoms with van der Waals surface area (Å²) < 4.78 is 13.3. The minimum Gasteiger partial charge on any atom is -0.353 e. The molecule has 0 aliphatic carbocycles. The van der Waals surface area contributed by atoms with Gasteiger partial charge in [0.25, 0.3) is 0 Å². The van der Waals surface area contributed by atoms with Crippen LogP contribution < -0.4 is 10.6 Å². The summed E-state index contributed by atoms with van der Waals surface area (Å²) in [6, 6.07) is 6.66. The van der Waals surface area contributed by atoms with Gasteiger partial charge in [-0.05, 0) is 6.07 Å². The van der Waals surface area contributed by atoms with Gasteiger partial charge in [-0.3, -0.25) is 4.99 Å². The SMILES string of the molecule is C=CCNC(=NC)NCc1ccccc1F.I. The van der Waals surface area contributed by atoms with Crippen LogP contribution in [0.2, 0.25) is 0 Å². The number of guanidine groups is 1.